The second-order valence-electron chi connectivity index (χ2n) is 17.9. The highest BCUT2D eigenvalue weighted by molar-refractivity contribution is 7.90. The van der Waals surface area contributed by atoms with E-state index in [4.69, 9.17) is 19.2 Å². The van der Waals surface area contributed by atoms with Gasteiger partial charge in [-0.25, -0.2) is 18.2 Å². The summed E-state index contributed by atoms with van der Waals surface area (Å²) in [7, 11) is -2.44. The van der Waals surface area contributed by atoms with Crippen molar-refractivity contribution >= 4 is 44.7 Å². The first-order valence-electron chi connectivity index (χ1n) is 20.3. The Kier molecular flexibility index (Phi) is 12.4. The Morgan fingerprint density at radius 3 is 2.29 bits per heavy atom. The van der Waals surface area contributed by atoms with Crippen molar-refractivity contribution in [3.63, 3.8) is 0 Å². The second kappa shape index (κ2) is 16.8. The third kappa shape index (κ3) is 9.83. The van der Waals surface area contributed by atoms with Gasteiger partial charge in [0.25, 0.3) is 5.91 Å². The van der Waals surface area contributed by atoms with Crippen molar-refractivity contribution in [3.8, 4) is 22.8 Å². The van der Waals surface area contributed by atoms with Gasteiger partial charge in [0.1, 0.15) is 40.8 Å². The highest BCUT2D eigenvalue weighted by atomic mass is 32.2. The summed E-state index contributed by atoms with van der Waals surface area (Å²) in [5.41, 5.74) is -1.17. The third-order valence-corrected chi connectivity index (χ3v) is 13.1. The number of nitrogens with one attached hydrogen (secondary N) is 3. The summed E-state index contributed by atoms with van der Waals surface area (Å²) in [6.45, 7) is 14.3. The Balaban J connectivity index is 1.34. The minimum Gasteiger partial charge on any atom is -0.497 e. The first kappa shape index (κ1) is 43.4. The molecular weight excluding hydrogens is 775 g/mol. The van der Waals surface area contributed by atoms with E-state index < -0.39 is 79.7 Å². The number of amides is 4. The molecule has 0 bridgehead atoms. The average Bonchev–Trinajstić information content (AvgIpc) is 3.74. The van der Waals surface area contributed by atoms with Gasteiger partial charge in [0.05, 0.1) is 30.1 Å². The molecule has 318 valence electrons. The molecule has 0 spiro atoms. The van der Waals surface area contributed by atoms with Crippen LogP contribution < -0.4 is 24.8 Å². The number of fused-ring (bicyclic) bond motifs is 1. The largest absolute Gasteiger partial charge is 0.497 e. The first-order valence-corrected chi connectivity index (χ1v) is 21.8. The fraction of sp³-hybridized carbons (Fsp3) is 0.523. The summed E-state index contributed by atoms with van der Waals surface area (Å²) in [5.74, 6) is -1.54. The Hall–Kier alpha value is -5.18. The molecule has 2 aliphatic carbocycles. The summed E-state index contributed by atoms with van der Waals surface area (Å²) < 4.78 is 46.7. The number of pyridine rings is 1. The maximum Gasteiger partial charge on any atom is 0.408 e. The van der Waals surface area contributed by atoms with Crippen LogP contribution in [0, 0.1) is 11.3 Å². The van der Waals surface area contributed by atoms with Crippen molar-refractivity contribution in [3.05, 3.63) is 67.3 Å². The number of benzene rings is 2. The van der Waals surface area contributed by atoms with Crippen LogP contribution >= 0.6 is 0 Å². The zero-order valence-corrected chi connectivity index (χ0v) is 35.8. The number of nitrogens with zero attached hydrogens (tertiary/aromatic N) is 2. The van der Waals surface area contributed by atoms with E-state index >= 15 is 0 Å². The van der Waals surface area contributed by atoms with Gasteiger partial charge < -0.3 is 29.7 Å². The monoisotopic (exact) mass is 831 g/mol. The highest BCUT2D eigenvalue weighted by Gasteiger charge is 2.62. The van der Waals surface area contributed by atoms with Crippen molar-refractivity contribution < 1.29 is 41.8 Å². The molecule has 5 unspecified atom stereocenters. The molecule has 3 fully saturated rings. The van der Waals surface area contributed by atoms with Crippen molar-refractivity contribution in [1.82, 2.24) is 25.2 Å². The van der Waals surface area contributed by atoms with Crippen LogP contribution in [0.4, 0.5) is 4.79 Å². The first-order chi connectivity index (χ1) is 27.7. The number of ether oxygens (including phenoxy) is 3. The normalized spacial score (nSPS) is 22.8. The van der Waals surface area contributed by atoms with Gasteiger partial charge in [-0.3, -0.25) is 19.1 Å². The Morgan fingerprint density at radius 1 is 0.983 bits per heavy atom. The lowest BCUT2D eigenvalue weighted by molar-refractivity contribution is -0.143. The molecule has 1 saturated heterocycles. The number of sulfonamides is 1. The number of methoxy groups -OCH3 is 1. The molecule has 5 atom stereocenters. The smallest absolute Gasteiger partial charge is 0.408 e. The zero-order valence-electron chi connectivity index (χ0n) is 35.0. The average molecular weight is 832 g/mol. The molecule has 2 heterocycles. The fourth-order valence-electron chi connectivity index (χ4n) is 7.97. The summed E-state index contributed by atoms with van der Waals surface area (Å²) in [4.78, 5) is 62.6. The number of carbonyl (C=O) groups is 4. The number of rotatable bonds is 12. The number of likely N-dealkylation sites (tertiary alicyclic amines) is 1. The predicted octanol–water partition coefficient (Wildman–Crippen LogP) is 6.04. The van der Waals surface area contributed by atoms with Gasteiger partial charge in [0.15, 0.2) is 0 Å². The van der Waals surface area contributed by atoms with E-state index in [2.05, 4.69) is 21.9 Å². The molecule has 2 saturated carbocycles. The van der Waals surface area contributed by atoms with Gasteiger partial charge in [0, 0.05) is 35.4 Å². The molecule has 3 aromatic rings. The van der Waals surface area contributed by atoms with E-state index in [9.17, 15) is 27.6 Å². The van der Waals surface area contributed by atoms with E-state index in [-0.39, 0.29) is 19.4 Å². The van der Waals surface area contributed by atoms with Crippen LogP contribution in [-0.4, -0.2) is 90.3 Å². The van der Waals surface area contributed by atoms with E-state index in [1.165, 1.54) is 11.0 Å². The van der Waals surface area contributed by atoms with Crippen molar-refractivity contribution in [1.29, 1.82) is 0 Å². The van der Waals surface area contributed by atoms with Crippen LogP contribution in [0.15, 0.2) is 67.3 Å². The molecule has 59 heavy (non-hydrogen) atoms. The van der Waals surface area contributed by atoms with Crippen LogP contribution in [0.25, 0.3) is 22.2 Å². The van der Waals surface area contributed by atoms with Gasteiger partial charge in [0.2, 0.25) is 21.8 Å². The second-order valence-corrected chi connectivity index (χ2v) is 19.9. The van der Waals surface area contributed by atoms with Crippen LogP contribution in [0.5, 0.6) is 11.5 Å². The molecule has 1 aliphatic heterocycles. The fourth-order valence-corrected chi connectivity index (χ4v) is 9.53. The number of carbonyl (C=O) groups excluding carboxylic acids is 4. The summed E-state index contributed by atoms with van der Waals surface area (Å²) in [6.07, 6.45) is 3.47. The lowest BCUT2D eigenvalue weighted by Crippen LogP contribution is -2.60. The number of alkyl carbamates (subject to hydrolysis) is 1. The standard InChI is InChI=1S/C44H57N5O9S/c1-9-28-25-44(28,40(52)48-59(54,55)31-18-14-11-15-19-31)47-38(50)35-23-30(26-49(35)39(51)37(42(2,3)4)46-41(53)58-43(5,6)7)57-36-24-33(27-16-12-10-13-17-27)45-34-22-29(56-8)20-21-32(34)36/h9-10,12-13,16-17,20-22,24,28,30-31,35,37H,1,11,14-15,18-19,23,25-26H2,2-8H3,(H,46,53)(H,47,50)(H,48,52). The van der Waals surface area contributed by atoms with E-state index in [1.54, 1.807) is 60.8 Å². The minimum atomic E-state index is -4.01. The molecule has 15 heteroatoms. The van der Waals surface area contributed by atoms with Crippen molar-refractivity contribution in [2.75, 3.05) is 13.7 Å². The molecule has 2 aromatic carbocycles. The molecule has 6 rings (SSSR count). The van der Waals surface area contributed by atoms with E-state index in [0.29, 0.717) is 40.9 Å². The minimum absolute atomic E-state index is 0.0122. The van der Waals surface area contributed by atoms with E-state index in [0.717, 1.165) is 24.8 Å². The lowest BCUT2D eigenvalue weighted by atomic mass is 9.85. The van der Waals surface area contributed by atoms with E-state index in [1.807, 2.05) is 42.5 Å². The SMILES string of the molecule is C=CC1CC1(NC(=O)C1CC(Oc2cc(-c3ccccc3)nc3cc(OC)ccc23)CN1C(=O)C(NC(=O)OC(C)(C)C)C(C)(C)C)C(=O)NS(=O)(=O)C1CCCCC1. The summed E-state index contributed by atoms with van der Waals surface area (Å²) in [5, 5.41) is 5.57. The molecule has 0 radical (unpaired) electrons. The zero-order chi connectivity index (χ0) is 42.9. The summed E-state index contributed by atoms with van der Waals surface area (Å²) >= 11 is 0. The Labute approximate surface area is 346 Å². The maximum absolute atomic E-state index is 14.7. The molecular formula is C44H57N5O9S. The molecule has 1 aromatic heterocycles. The predicted molar refractivity (Wildman–Crippen MR) is 224 cm³/mol. The van der Waals surface area contributed by atoms with Gasteiger partial charge in [-0.15, -0.1) is 6.58 Å². The van der Waals surface area contributed by atoms with Crippen molar-refractivity contribution in [2.45, 2.75) is 121 Å². The topological polar surface area (TPSA) is 182 Å². The Morgan fingerprint density at radius 2 is 1.68 bits per heavy atom. The van der Waals surface area contributed by atoms with Gasteiger partial charge in [-0.1, -0.05) is 76.4 Å². The molecule has 3 aliphatic rings. The molecule has 3 N–H and O–H groups in total. The van der Waals surface area contributed by atoms with Crippen LogP contribution in [0.1, 0.15) is 86.5 Å². The van der Waals surface area contributed by atoms with Crippen LogP contribution in [0.2, 0.25) is 0 Å². The highest BCUT2D eigenvalue weighted by Crippen LogP contribution is 2.45. The molecule has 14 nitrogen and oxygen atoms in total. The number of hydrogen-bond acceptors (Lipinski definition) is 10. The third-order valence-electron chi connectivity index (χ3n) is 11.2. The quantitative estimate of drug-likeness (QED) is 0.182. The Bertz CT molecular complexity index is 2190. The lowest BCUT2D eigenvalue weighted by Gasteiger charge is -2.36. The van der Waals surface area contributed by atoms with Gasteiger partial charge in [-0.2, -0.15) is 0 Å². The van der Waals surface area contributed by atoms with Crippen molar-refractivity contribution in [2.24, 2.45) is 11.3 Å². The van der Waals surface area contributed by atoms with Gasteiger partial charge >= 0.3 is 6.09 Å². The number of aromatic nitrogens is 1. The van der Waals surface area contributed by atoms with Crippen LogP contribution in [-0.2, 0) is 29.1 Å². The molecule has 4 amide bonds. The summed E-state index contributed by atoms with van der Waals surface area (Å²) in [6, 6.07) is 14.5. The van der Waals surface area contributed by atoms with Gasteiger partial charge in [-0.05, 0) is 57.6 Å². The van der Waals surface area contributed by atoms with Crippen LogP contribution in [0.3, 0.4) is 0 Å². The number of hydrogen-bond donors (Lipinski definition) is 3. The maximum atomic E-state index is 14.7.